The molecule has 0 heterocycles. The predicted octanol–water partition coefficient (Wildman–Crippen LogP) is 5.44. The van der Waals surface area contributed by atoms with Crippen LogP contribution in [0.3, 0.4) is 0 Å². The Balaban J connectivity index is 1.75. The van der Waals surface area contributed by atoms with E-state index in [0.717, 1.165) is 0 Å². The van der Waals surface area contributed by atoms with Crippen LogP contribution in [-0.4, -0.2) is 14.4 Å². The van der Waals surface area contributed by atoms with Gasteiger partial charge in [-0.2, -0.15) is 0 Å². The smallest absolute Gasteiger partial charge is 0.308 e. The van der Waals surface area contributed by atoms with Gasteiger partial charge in [-0.25, -0.2) is 13.2 Å². The van der Waals surface area contributed by atoms with Gasteiger partial charge in [0.1, 0.15) is 0 Å². The molecule has 0 bridgehead atoms. The Morgan fingerprint density at radius 2 is 1.36 bits per heavy atom. The highest BCUT2D eigenvalue weighted by atomic mass is 35.5. The molecule has 144 valence electrons. The van der Waals surface area contributed by atoms with Gasteiger partial charge in [0.05, 0.1) is 26.3 Å². The van der Waals surface area contributed by atoms with Crippen LogP contribution < -0.4 is 15.4 Å². The number of anilines is 3. The first-order valence-electron chi connectivity index (χ1n) is 8.05. The Morgan fingerprint density at radius 1 is 0.750 bits per heavy atom. The number of para-hydroxylation sites is 2. The first-order valence-corrected chi connectivity index (χ1v) is 10.3. The van der Waals surface area contributed by atoms with Gasteiger partial charge in [0.25, 0.3) is 10.0 Å². The maximum atomic E-state index is 12.6. The second kappa shape index (κ2) is 8.52. The highest BCUT2D eigenvalue weighted by molar-refractivity contribution is 7.92. The first-order chi connectivity index (χ1) is 13.3. The maximum Gasteiger partial charge on any atom is 0.323 e. The van der Waals surface area contributed by atoms with E-state index in [4.69, 9.17) is 23.2 Å². The summed E-state index contributed by atoms with van der Waals surface area (Å²) in [6, 6.07) is 18.6. The van der Waals surface area contributed by atoms with E-state index in [1.807, 2.05) is 0 Å². The summed E-state index contributed by atoms with van der Waals surface area (Å²) in [5.74, 6) is 0. The van der Waals surface area contributed by atoms with Crippen molar-refractivity contribution < 1.29 is 13.2 Å². The van der Waals surface area contributed by atoms with Crippen LogP contribution in [0.25, 0.3) is 0 Å². The number of hydrogen-bond donors (Lipinski definition) is 3. The third-order valence-electron chi connectivity index (χ3n) is 3.64. The third kappa shape index (κ3) is 4.95. The number of sulfonamides is 1. The molecular formula is C19H15Cl2N3O3S. The van der Waals surface area contributed by atoms with Crippen LogP contribution in [0.4, 0.5) is 21.9 Å². The number of urea groups is 1. The largest absolute Gasteiger partial charge is 0.323 e. The van der Waals surface area contributed by atoms with E-state index in [1.165, 1.54) is 18.2 Å². The molecule has 28 heavy (non-hydrogen) atoms. The molecule has 6 nitrogen and oxygen atoms in total. The van der Waals surface area contributed by atoms with Crippen LogP contribution in [0.5, 0.6) is 0 Å². The molecule has 3 aromatic rings. The molecule has 0 fully saturated rings. The summed E-state index contributed by atoms with van der Waals surface area (Å²) in [6.07, 6.45) is 0. The van der Waals surface area contributed by atoms with Gasteiger partial charge in [-0.3, -0.25) is 4.72 Å². The molecule has 3 aromatic carbocycles. The predicted molar refractivity (Wildman–Crippen MR) is 113 cm³/mol. The highest BCUT2D eigenvalue weighted by Crippen LogP contribution is 2.25. The molecule has 0 unspecified atom stereocenters. The summed E-state index contributed by atoms with van der Waals surface area (Å²) in [5, 5.41) is 5.84. The second-order valence-electron chi connectivity index (χ2n) is 5.67. The summed E-state index contributed by atoms with van der Waals surface area (Å²) in [5.41, 5.74) is 0.997. The van der Waals surface area contributed by atoms with Gasteiger partial charge in [-0.1, -0.05) is 53.5 Å². The lowest BCUT2D eigenvalue weighted by Gasteiger charge is -2.12. The Kier molecular flexibility index (Phi) is 6.08. The number of rotatable bonds is 5. The molecule has 2 amide bonds. The molecular weight excluding hydrogens is 421 g/mol. The Morgan fingerprint density at radius 3 is 2.00 bits per heavy atom. The van der Waals surface area contributed by atoms with Crippen LogP contribution >= 0.6 is 23.2 Å². The minimum absolute atomic E-state index is 0.0250. The minimum Gasteiger partial charge on any atom is -0.308 e. The zero-order valence-electron chi connectivity index (χ0n) is 14.3. The van der Waals surface area contributed by atoms with E-state index in [9.17, 15) is 13.2 Å². The fraction of sp³-hybridized carbons (Fsp3) is 0. The molecule has 0 aromatic heterocycles. The Hall–Kier alpha value is -2.74. The van der Waals surface area contributed by atoms with Gasteiger partial charge in [-0.05, 0) is 42.5 Å². The number of carbonyl (C=O) groups excluding carboxylic acids is 1. The van der Waals surface area contributed by atoms with Crippen LogP contribution in [0, 0.1) is 0 Å². The maximum absolute atomic E-state index is 12.6. The Labute approximate surface area is 172 Å². The monoisotopic (exact) mass is 435 g/mol. The molecule has 0 spiro atoms. The standard InChI is InChI=1S/C19H15Cl2N3O3S/c20-15-8-1-3-10-17(15)23-19(25)22-13-6-5-7-14(12-13)28(26,27)24-18-11-4-2-9-16(18)21/h1-12,24H,(H2,22,23,25). The molecule has 0 saturated heterocycles. The number of hydrogen-bond acceptors (Lipinski definition) is 3. The lowest BCUT2D eigenvalue weighted by atomic mass is 10.3. The van der Waals surface area contributed by atoms with Crippen molar-refractivity contribution in [1.29, 1.82) is 0 Å². The van der Waals surface area contributed by atoms with E-state index < -0.39 is 16.1 Å². The van der Waals surface area contributed by atoms with E-state index in [-0.39, 0.29) is 15.6 Å². The zero-order valence-corrected chi connectivity index (χ0v) is 16.6. The molecule has 0 saturated carbocycles. The van der Waals surface area contributed by atoms with E-state index in [0.29, 0.717) is 16.4 Å². The van der Waals surface area contributed by atoms with Gasteiger partial charge < -0.3 is 10.6 Å². The van der Waals surface area contributed by atoms with Crippen LogP contribution in [0.2, 0.25) is 10.0 Å². The second-order valence-corrected chi connectivity index (χ2v) is 8.17. The molecule has 0 aliphatic carbocycles. The summed E-state index contributed by atoms with van der Waals surface area (Å²) in [6.45, 7) is 0. The van der Waals surface area contributed by atoms with Gasteiger partial charge in [0.2, 0.25) is 0 Å². The van der Waals surface area contributed by atoms with E-state index >= 15 is 0 Å². The van der Waals surface area contributed by atoms with Gasteiger partial charge >= 0.3 is 6.03 Å². The van der Waals surface area contributed by atoms with Gasteiger partial charge in [0.15, 0.2) is 0 Å². The van der Waals surface area contributed by atoms with Crippen molar-refractivity contribution in [2.24, 2.45) is 0 Å². The van der Waals surface area contributed by atoms with Crippen molar-refractivity contribution in [2.45, 2.75) is 4.90 Å². The normalized spacial score (nSPS) is 10.9. The summed E-state index contributed by atoms with van der Waals surface area (Å²) < 4.78 is 27.6. The first kappa shape index (κ1) is 20.0. The van der Waals surface area contributed by atoms with Crippen molar-refractivity contribution >= 4 is 56.3 Å². The summed E-state index contributed by atoms with van der Waals surface area (Å²) in [7, 11) is -3.89. The van der Waals surface area contributed by atoms with E-state index in [2.05, 4.69) is 15.4 Å². The fourth-order valence-corrected chi connectivity index (χ4v) is 3.88. The lowest BCUT2D eigenvalue weighted by Crippen LogP contribution is -2.20. The van der Waals surface area contributed by atoms with E-state index in [1.54, 1.807) is 54.6 Å². The average molecular weight is 436 g/mol. The molecule has 3 N–H and O–H groups in total. The lowest BCUT2D eigenvalue weighted by molar-refractivity contribution is 0.262. The minimum atomic E-state index is -3.89. The number of amides is 2. The topological polar surface area (TPSA) is 87.3 Å². The molecule has 9 heteroatoms. The van der Waals surface area contributed by atoms with Crippen LogP contribution in [-0.2, 0) is 10.0 Å². The SMILES string of the molecule is O=C(Nc1cccc(S(=O)(=O)Nc2ccccc2Cl)c1)Nc1ccccc1Cl. The molecule has 0 radical (unpaired) electrons. The molecule has 0 aliphatic heterocycles. The quantitative estimate of drug-likeness (QED) is 0.498. The van der Waals surface area contributed by atoms with Crippen LogP contribution in [0.1, 0.15) is 0 Å². The van der Waals surface area contributed by atoms with Crippen molar-refractivity contribution in [3.63, 3.8) is 0 Å². The average Bonchev–Trinajstić information content (AvgIpc) is 2.65. The highest BCUT2D eigenvalue weighted by Gasteiger charge is 2.16. The fourth-order valence-electron chi connectivity index (χ4n) is 2.34. The molecule has 0 aliphatic rings. The molecule has 0 atom stereocenters. The third-order valence-corrected chi connectivity index (χ3v) is 5.66. The number of halogens is 2. The number of carbonyl (C=O) groups is 1. The summed E-state index contributed by atoms with van der Waals surface area (Å²) >= 11 is 12.0. The van der Waals surface area contributed by atoms with Crippen LogP contribution in [0.15, 0.2) is 77.7 Å². The van der Waals surface area contributed by atoms with Crippen molar-refractivity contribution in [1.82, 2.24) is 0 Å². The Bertz CT molecular complexity index is 1120. The van der Waals surface area contributed by atoms with Crippen molar-refractivity contribution in [3.8, 4) is 0 Å². The number of nitrogens with one attached hydrogen (secondary N) is 3. The van der Waals surface area contributed by atoms with Gasteiger partial charge in [-0.15, -0.1) is 0 Å². The van der Waals surface area contributed by atoms with Crippen molar-refractivity contribution in [2.75, 3.05) is 15.4 Å². The molecule has 3 rings (SSSR count). The van der Waals surface area contributed by atoms with Gasteiger partial charge in [0, 0.05) is 5.69 Å². The zero-order chi connectivity index (χ0) is 20.1. The number of benzene rings is 3. The summed E-state index contributed by atoms with van der Waals surface area (Å²) in [4.78, 5) is 12.1. The van der Waals surface area contributed by atoms with Crippen molar-refractivity contribution in [3.05, 3.63) is 82.8 Å².